The number of rotatable bonds is 5. The summed E-state index contributed by atoms with van der Waals surface area (Å²) >= 11 is 0. The number of carbonyl (C=O) groups is 3. The zero-order valence-electron chi connectivity index (χ0n) is 7.89. The van der Waals surface area contributed by atoms with Crippen molar-refractivity contribution in [2.24, 2.45) is 0 Å². The summed E-state index contributed by atoms with van der Waals surface area (Å²) in [7, 11) is 0. The van der Waals surface area contributed by atoms with Crippen LogP contribution in [0.4, 0.5) is 0 Å². The Balaban J connectivity index is 4.52. The molecular weight excluding hydrogens is 192 g/mol. The monoisotopic (exact) mass is 204 g/mol. The summed E-state index contributed by atoms with van der Waals surface area (Å²) < 4.78 is 4.46. The molecule has 0 aliphatic heterocycles. The van der Waals surface area contributed by atoms with Gasteiger partial charge in [-0.3, -0.25) is 9.59 Å². The predicted octanol–water partition coefficient (Wildman–Crippen LogP) is -0.657. The third-order valence-corrected chi connectivity index (χ3v) is 1.49. The van der Waals surface area contributed by atoms with E-state index < -0.39 is 29.9 Å². The highest BCUT2D eigenvalue weighted by Gasteiger charge is 2.32. The number of ketones is 1. The number of aliphatic hydroxyl groups excluding tert-OH is 1. The van der Waals surface area contributed by atoms with Crippen LogP contribution in [0.1, 0.15) is 20.3 Å². The van der Waals surface area contributed by atoms with Crippen LogP contribution in [0, 0.1) is 0 Å². The Hall–Kier alpha value is -1.43. The molecule has 0 bridgehead atoms. The first-order valence-corrected chi connectivity index (χ1v) is 4.01. The smallest absolute Gasteiger partial charge is 0.336 e. The summed E-state index contributed by atoms with van der Waals surface area (Å²) in [5.74, 6) is -3.04. The average molecular weight is 204 g/mol. The van der Waals surface area contributed by atoms with Gasteiger partial charge in [0.1, 0.15) is 0 Å². The molecule has 2 N–H and O–H groups in total. The summed E-state index contributed by atoms with van der Waals surface area (Å²) in [6, 6.07) is 0. The molecule has 0 aliphatic rings. The average Bonchev–Trinajstić information content (AvgIpc) is 2.11. The normalized spacial score (nSPS) is 14.2. The van der Waals surface area contributed by atoms with Gasteiger partial charge >= 0.3 is 11.9 Å². The lowest BCUT2D eigenvalue weighted by Crippen LogP contribution is -2.41. The van der Waals surface area contributed by atoms with E-state index in [2.05, 4.69) is 4.74 Å². The van der Waals surface area contributed by atoms with E-state index in [-0.39, 0.29) is 6.42 Å². The number of Topliss-reactive ketones (excluding diaryl/α,β-unsaturated/α-hetero) is 1. The van der Waals surface area contributed by atoms with Crippen molar-refractivity contribution in [1.82, 2.24) is 0 Å². The minimum absolute atomic E-state index is 0.0100. The molecule has 0 aromatic carbocycles. The Morgan fingerprint density at radius 2 is 1.86 bits per heavy atom. The van der Waals surface area contributed by atoms with Crippen LogP contribution < -0.4 is 0 Å². The van der Waals surface area contributed by atoms with E-state index in [1.54, 1.807) is 0 Å². The topological polar surface area (TPSA) is 101 Å². The standard InChI is InChI=1S/C8H12O6/c1-3-5(10)14-7(4(2)9)6(11)8(12)13/h6-7,11H,3H2,1-2H3,(H,12,13). The van der Waals surface area contributed by atoms with Crippen LogP contribution in [0.5, 0.6) is 0 Å². The molecule has 2 unspecified atom stereocenters. The molecule has 0 spiro atoms. The lowest BCUT2D eigenvalue weighted by Gasteiger charge is -2.17. The molecule has 6 nitrogen and oxygen atoms in total. The van der Waals surface area contributed by atoms with Crippen molar-refractivity contribution in [2.45, 2.75) is 32.5 Å². The lowest BCUT2D eigenvalue weighted by atomic mass is 10.1. The highest BCUT2D eigenvalue weighted by molar-refractivity contribution is 5.89. The maximum absolute atomic E-state index is 10.8. The van der Waals surface area contributed by atoms with Crippen LogP contribution in [0.2, 0.25) is 0 Å². The first kappa shape index (κ1) is 12.6. The predicted molar refractivity (Wildman–Crippen MR) is 44.5 cm³/mol. The van der Waals surface area contributed by atoms with Crippen LogP contribution in [-0.2, 0) is 19.1 Å². The number of hydrogen-bond acceptors (Lipinski definition) is 5. The quantitative estimate of drug-likeness (QED) is 0.576. The first-order chi connectivity index (χ1) is 6.40. The molecule has 0 amide bonds. The fourth-order valence-corrected chi connectivity index (χ4v) is 0.724. The maximum Gasteiger partial charge on any atom is 0.336 e. The number of esters is 1. The number of carbonyl (C=O) groups excluding carboxylic acids is 2. The van der Waals surface area contributed by atoms with Gasteiger partial charge in [0.15, 0.2) is 18.0 Å². The first-order valence-electron chi connectivity index (χ1n) is 4.01. The number of aliphatic hydroxyl groups is 1. The van der Waals surface area contributed by atoms with Gasteiger partial charge < -0.3 is 14.9 Å². The van der Waals surface area contributed by atoms with Gasteiger partial charge in [0, 0.05) is 6.42 Å². The Bertz CT molecular complexity index is 246. The van der Waals surface area contributed by atoms with E-state index in [4.69, 9.17) is 10.2 Å². The molecule has 0 aromatic heterocycles. The molecule has 0 heterocycles. The summed E-state index contributed by atoms with van der Waals surface area (Å²) in [5.41, 5.74) is 0. The molecule has 2 atom stereocenters. The summed E-state index contributed by atoms with van der Waals surface area (Å²) in [4.78, 5) is 31.9. The fraction of sp³-hybridized carbons (Fsp3) is 0.625. The van der Waals surface area contributed by atoms with E-state index in [1.807, 2.05) is 0 Å². The molecule has 0 aromatic rings. The second kappa shape index (κ2) is 5.33. The van der Waals surface area contributed by atoms with E-state index in [1.165, 1.54) is 6.92 Å². The molecule has 0 saturated carbocycles. The summed E-state index contributed by atoms with van der Waals surface area (Å²) in [6.07, 6.45) is -3.63. The molecule has 0 aliphatic carbocycles. The van der Waals surface area contributed by atoms with Crippen LogP contribution >= 0.6 is 0 Å². The molecular formula is C8H12O6. The molecule has 0 rings (SSSR count). The Kier molecular flexibility index (Phi) is 4.79. The minimum atomic E-state index is -2.01. The Morgan fingerprint density at radius 3 is 2.14 bits per heavy atom. The van der Waals surface area contributed by atoms with E-state index in [9.17, 15) is 14.4 Å². The number of carboxylic acid groups (broad SMARTS) is 1. The van der Waals surface area contributed by atoms with Gasteiger partial charge in [-0.2, -0.15) is 0 Å². The van der Waals surface area contributed by atoms with Crippen molar-refractivity contribution in [3.63, 3.8) is 0 Å². The third-order valence-electron chi connectivity index (χ3n) is 1.49. The minimum Gasteiger partial charge on any atom is -0.479 e. The van der Waals surface area contributed by atoms with Gasteiger partial charge in [-0.05, 0) is 6.92 Å². The van der Waals surface area contributed by atoms with Crippen molar-refractivity contribution in [1.29, 1.82) is 0 Å². The van der Waals surface area contributed by atoms with Gasteiger partial charge in [0.2, 0.25) is 0 Å². The highest BCUT2D eigenvalue weighted by Crippen LogP contribution is 2.03. The number of carboxylic acids is 1. The molecule has 0 radical (unpaired) electrons. The zero-order chi connectivity index (χ0) is 11.3. The second-order valence-corrected chi connectivity index (χ2v) is 2.66. The fourth-order valence-electron chi connectivity index (χ4n) is 0.724. The van der Waals surface area contributed by atoms with Crippen molar-refractivity contribution in [2.75, 3.05) is 0 Å². The van der Waals surface area contributed by atoms with Crippen molar-refractivity contribution in [3.8, 4) is 0 Å². The van der Waals surface area contributed by atoms with E-state index in [0.717, 1.165) is 6.92 Å². The van der Waals surface area contributed by atoms with Crippen molar-refractivity contribution < 1.29 is 29.3 Å². The van der Waals surface area contributed by atoms with Crippen molar-refractivity contribution >= 4 is 17.7 Å². The lowest BCUT2D eigenvalue weighted by molar-refractivity contribution is -0.169. The molecule has 6 heteroatoms. The molecule has 14 heavy (non-hydrogen) atoms. The third kappa shape index (κ3) is 3.53. The van der Waals surface area contributed by atoms with Crippen LogP contribution in [0.25, 0.3) is 0 Å². The van der Waals surface area contributed by atoms with Gasteiger partial charge in [0.25, 0.3) is 0 Å². The number of ether oxygens (including phenoxy) is 1. The number of hydrogen-bond donors (Lipinski definition) is 2. The van der Waals surface area contributed by atoms with Gasteiger partial charge in [-0.15, -0.1) is 0 Å². The summed E-state index contributed by atoms with van der Waals surface area (Å²) in [5, 5.41) is 17.4. The van der Waals surface area contributed by atoms with Crippen molar-refractivity contribution in [3.05, 3.63) is 0 Å². The van der Waals surface area contributed by atoms with Crippen LogP contribution in [-0.4, -0.2) is 40.1 Å². The molecule has 0 saturated heterocycles. The number of aliphatic carboxylic acids is 1. The Labute approximate surface area is 80.5 Å². The molecule has 0 fully saturated rings. The zero-order valence-corrected chi connectivity index (χ0v) is 7.89. The van der Waals surface area contributed by atoms with Crippen LogP contribution in [0.15, 0.2) is 0 Å². The van der Waals surface area contributed by atoms with Gasteiger partial charge in [0.05, 0.1) is 0 Å². The van der Waals surface area contributed by atoms with Crippen LogP contribution in [0.3, 0.4) is 0 Å². The van der Waals surface area contributed by atoms with E-state index >= 15 is 0 Å². The molecule has 80 valence electrons. The second-order valence-electron chi connectivity index (χ2n) is 2.66. The van der Waals surface area contributed by atoms with E-state index in [0.29, 0.717) is 0 Å². The largest absolute Gasteiger partial charge is 0.479 e. The van der Waals surface area contributed by atoms with Gasteiger partial charge in [-0.25, -0.2) is 4.79 Å². The summed E-state index contributed by atoms with van der Waals surface area (Å²) in [6.45, 7) is 2.53. The SMILES string of the molecule is CCC(=O)OC(C(C)=O)C(O)C(=O)O. The van der Waals surface area contributed by atoms with Gasteiger partial charge in [-0.1, -0.05) is 6.92 Å². The maximum atomic E-state index is 10.8. The Morgan fingerprint density at radius 1 is 1.36 bits per heavy atom. The highest BCUT2D eigenvalue weighted by atomic mass is 16.6.